The summed E-state index contributed by atoms with van der Waals surface area (Å²) in [5.41, 5.74) is 0.920. The smallest absolute Gasteiger partial charge is 0.248 e. The van der Waals surface area contributed by atoms with Crippen LogP contribution in [-0.4, -0.2) is 47.4 Å². The summed E-state index contributed by atoms with van der Waals surface area (Å²) >= 11 is 0. The van der Waals surface area contributed by atoms with Crippen LogP contribution < -0.4 is 0 Å². The normalized spacial score (nSPS) is 25.4. The lowest BCUT2D eigenvalue weighted by Gasteiger charge is -2.37. The van der Waals surface area contributed by atoms with Crippen molar-refractivity contribution in [2.24, 2.45) is 0 Å². The van der Waals surface area contributed by atoms with Crippen LogP contribution in [0.25, 0.3) is 0 Å². The SMILES string of the molecule is CCCCN1CC(=O)N2[C@@H](c3ccccc3)OC[C@H]2C1=O. The zero-order valence-electron chi connectivity index (χ0n) is 12.2. The molecule has 5 heteroatoms. The molecule has 1 aromatic rings. The molecular weight excluding hydrogens is 268 g/mol. The summed E-state index contributed by atoms with van der Waals surface area (Å²) in [4.78, 5) is 28.2. The summed E-state index contributed by atoms with van der Waals surface area (Å²) in [7, 11) is 0. The quantitative estimate of drug-likeness (QED) is 0.844. The molecule has 21 heavy (non-hydrogen) atoms. The molecule has 0 radical (unpaired) electrons. The Morgan fingerprint density at radius 3 is 2.71 bits per heavy atom. The Kier molecular flexibility index (Phi) is 3.92. The van der Waals surface area contributed by atoms with Gasteiger partial charge in [0.2, 0.25) is 11.8 Å². The van der Waals surface area contributed by atoms with E-state index in [1.165, 1.54) is 0 Å². The van der Waals surface area contributed by atoms with Crippen molar-refractivity contribution in [3.63, 3.8) is 0 Å². The summed E-state index contributed by atoms with van der Waals surface area (Å²) in [5.74, 6) is -0.0106. The first-order valence-corrected chi connectivity index (χ1v) is 7.49. The van der Waals surface area contributed by atoms with Crippen molar-refractivity contribution in [3.05, 3.63) is 35.9 Å². The van der Waals surface area contributed by atoms with E-state index in [1.807, 2.05) is 30.3 Å². The summed E-state index contributed by atoms with van der Waals surface area (Å²) < 4.78 is 5.74. The highest BCUT2D eigenvalue weighted by Gasteiger charge is 2.47. The van der Waals surface area contributed by atoms with E-state index >= 15 is 0 Å². The first-order valence-electron chi connectivity index (χ1n) is 7.49. The highest BCUT2D eigenvalue weighted by molar-refractivity contribution is 5.95. The molecule has 2 aliphatic heterocycles. The minimum Gasteiger partial charge on any atom is -0.351 e. The molecule has 2 heterocycles. The number of hydrogen-bond donors (Lipinski definition) is 0. The number of benzene rings is 1. The summed E-state index contributed by atoms with van der Waals surface area (Å²) in [6.07, 6.45) is 1.51. The highest BCUT2D eigenvalue weighted by Crippen LogP contribution is 2.33. The Morgan fingerprint density at radius 2 is 2.00 bits per heavy atom. The van der Waals surface area contributed by atoms with Gasteiger partial charge in [0, 0.05) is 12.1 Å². The van der Waals surface area contributed by atoms with Crippen molar-refractivity contribution in [2.45, 2.75) is 32.0 Å². The number of hydrogen-bond acceptors (Lipinski definition) is 3. The van der Waals surface area contributed by atoms with E-state index in [9.17, 15) is 9.59 Å². The van der Waals surface area contributed by atoms with Crippen LogP contribution in [-0.2, 0) is 14.3 Å². The molecule has 0 aliphatic carbocycles. The van der Waals surface area contributed by atoms with Crippen LogP contribution in [0.15, 0.2) is 30.3 Å². The molecular formula is C16H20N2O3. The van der Waals surface area contributed by atoms with Gasteiger partial charge in [0.1, 0.15) is 6.04 Å². The van der Waals surface area contributed by atoms with Crippen molar-refractivity contribution in [2.75, 3.05) is 19.7 Å². The fraction of sp³-hybridized carbons (Fsp3) is 0.500. The Bertz CT molecular complexity index is 532. The minimum absolute atomic E-state index is 0.0153. The van der Waals surface area contributed by atoms with Crippen molar-refractivity contribution in [3.8, 4) is 0 Å². The average molecular weight is 288 g/mol. The lowest BCUT2D eigenvalue weighted by molar-refractivity contribution is -0.156. The highest BCUT2D eigenvalue weighted by atomic mass is 16.5. The summed E-state index contributed by atoms with van der Waals surface area (Å²) in [6.45, 7) is 3.18. The van der Waals surface area contributed by atoms with Gasteiger partial charge >= 0.3 is 0 Å². The van der Waals surface area contributed by atoms with Gasteiger partial charge < -0.3 is 9.64 Å². The minimum atomic E-state index is -0.465. The molecule has 2 atom stereocenters. The van der Waals surface area contributed by atoms with E-state index in [0.717, 1.165) is 18.4 Å². The average Bonchev–Trinajstić information content (AvgIpc) is 2.96. The van der Waals surface area contributed by atoms with Crippen LogP contribution in [0.2, 0.25) is 0 Å². The molecule has 5 nitrogen and oxygen atoms in total. The molecule has 1 aromatic carbocycles. The molecule has 0 N–H and O–H groups in total. The molecule has 3 rings (SSSR count). The predicted molar refractivity (Wildman–Crippen MR) is 77.3 cm³/mol. The third-order valence-electron chi connectivity index (χ3n) is 4.08. The van der Waals surface area contributed by atoms with Crippen LogP contribution >= 0.6 is 0 Å². The van der Waals surface area contributed by atoms with E-state index in [0.29, 0.717) is 6.54 Å². The Morgan fingerprint density at radius 1 is 1.24 bits per heavy atom. The largest absolute Gasteiger partial charge is 0.351 e. The van der Waals surface area contributed by atoms with Gasteiger partial charge in [0.05, 0.1) is 13.2 Å². The standard InChI is InChI=1S/C16H20N2O3/c1-2-3-9-17-10-14(19)18-13(15(17)20)11-21-16(18)12-7-5-4-6-8-12/h4-8,13,16H,2-3,9-11H2,1H3/t13-,16+/m0/s1. The lowest BCUT2D eigenvalue weighted by Crippen LogP contribution is -2.58. The number of carbonyl (C=O) groups is 2. The second-order valence-electron chi connectivity index (χ2n) is 5.53. The fourth-order valence-electron chi connectivity index (χ4n) is 2.95. The zero-order chi connectivity index (χ0) is 14.8. The van der Waals surface area contributed by atoms with Gasteiger partial charge in [0.25, 0.3) is 0 Å². The molecule has 2 amide bonds. The number of carbonyl (C=O) groups excluding carboxylic acids is 2. The molecule has 2 aliphatic rings. The van der Waals surface area contributed by atoms with Gasteiger partial charge in [-0.1, -0.05) is 43.7 Å². The van der Waals surface area contributed by atoms with E-state index in [1.54, 1.807) is 9.80 Å². The molecule has 2 fully saturated rings. The van der Waals surface area contributed by atoms with Gasteiger partial charge in [-0.25, -0.2) is 0 Å². The first kappa shape index (κ1) is 14.1. The second-order valence-corrected chi connectivity index (χ2v) is 5.53. The summed E-state index contributed by atoms with van der Waals surface area (Å²) in [5, 5.41) is 0. The zero-order valence-corrected chi connectivity index (χ0v) is 12.2. The van der Waals surface area contributed by atoms with Crippen molar-refractivity contribution < 1.29 is 14.3 Å². The van der Waals surface area contributed by atoms with Gasteiger partial charge in [-0.15, -0.1) is 0 Å². The molecule has 0 unspecified atom stereocenters. The lowest BCUT2D eigenvalue weighted by atomic mass is 10.1. The molecule has 0 spiro atoms. The van der Waals surface area contributed by atoms with Crippen LogP contribution in [0.4, 0.5) is 0 Å². The summed E-state index contributed by atoms with van der Waals surface area (Å²) in [6, 6.07) is 9.13. The van der Waals surface area contributed by atoms with Crippen molar-refractivity contribution in [1.29, 1.82) is 0 Å². The maximum Gasteiger partial charge on any atom is 0.248 e. The van der Waals surface area contributed by atoms with Gasteiger partial charge in [-0.05, 0) is 6.42 Å². The van der Waals surface area contributed by atoms with Gasteiger partial charge in [-0.3, -0.25) is 14.5 Å². The number of unbranched alkanes of at least 4 members (excludes halogenated alkanes) is 1. The fourth-order valence-corrected chi connectivity index (χ4v) is 2.95. The monoisotopic (exact) mass is 288 g/mol. The van der Waals surface area contributed by atoms with Gasteiger partial charge in [0.15, 0.2) is 6.23 Å². The van der Waals surface area contributed by atoms with Crippen LogP contribution in [0.5, 0.6) is 0 Å². The third kappa shape index (κ3) is 2.53. The molecule has 0 bridgehead atoms. The Hall–Kier alpha value is -1.88. The van der Waals surface area contributed by atoms with Gasteiger partial charge in [-0.2, -0.15) is 0 Å². The van der Waals surface area contributed by atoms with E-state index in [2.05, 4.69) is 6.92 Å². The van der Waals surface area contributed by atoms with Crippen LogP contribution in [0.1, 0.15) is 31.6 Å². The van der Waals surface area contributed by atoms with E-state index in [-0.39, 0.29) is 25.0 Å². The van der Waals surface area contributed by atoms with Crippen LogP contribution in [0, 0.1) is 0 Å². The predicted octanol–water partition coefficient (Wildman–Crippen LogP) is 1.55. The molecule has 2 saturated heterocycles. The third-order valence-corrected chi connectivity index (χ3v) is 4.08. The van der Waals surface area contributed by atoms with E-state index < -0.39 is 12.3 Å². The van der Waals surface area contributed by atoms with Crippen molar-refractivity contribution in [1.82, 2.24) is 9.80 Å². The Balaban J connectivity index is 1.79. The molecule has 112 valence electrons. The maximum atomic E-state index is 12.5. The first-order chi connectivity index (χ1) is 10.2. The number of nitrogens with zero attached hydrogens (tertiary/aromatic N) is 2. The number of ether oxygens (including phenoxy) is 1. The number of fused-ring (bicyclic) bond motifs is 1. The van der Waals surface area contributed by atoms with Crippen molar-refractivity contribution >= 4 is 11.8 Å². The number of rotatable bonds is 4. The molecule has 0 saturated carbocycles. The van der Waals surface area contributed by atoms with E-state index in [4.69, 9.17) is 4.74 Å². The number of amides is 2. The molecule has 0 aromatic heterocycles. The number of piperazine rings is 1. The maximum absolute atomic E-state index is 12.5. The topological polar surface area (TPSA) is 49.9 Å². The van der Waals surface area contributed by atoms with Crippen LogP contribution in [0.3, 0.4) is 0 Å². The Labute approximate surface area is 124 Å². The second kappa shape index (κ2) is 5.85.